The summed E-state index contributed by atoms with van der Waals surface area (Å²) in [7, 11) is 1.88. The third-order valence-electron chi connectivity index (χ3n) is 6.51. The number of aliphatic imine (C=N–C) groups is 1. The second-order valence-corrected chi connectivity index (χ2v) is 8.32. The van der Waals surface area contributed by atoms with Crippen molar-refractivity contribution in [2.75, 3.05) is 90.6 Å². The van der Waals surface area contributed by atoms with Gasteiger partial charge in [-0.25, -0.2) is 4.39 Å². The van der Waals surface area contributed by atoms with Gasteiger partial charge in [-0.15, -0.1) is 0 Å². The van der Waals surface area contributed by atoms with Crippen LogP contribution in [0.15, 0.2) is 29.3 Å². The lowest BCUT2D eigenvalue weighted by Gasteiger charge is -2.36. The first-order chi connectivity index (χ1) is 14.7. The van der Waals surface area contributed by atoms with Crippen molar-refractivity contribution in [1.29, 1.82) is 0 Å². The molecule has 3 aliphatic rings. The first-order valence-electron chi connectivity index (χ1n) is 11.2. The molecule has 1 atom stereocenters. The highest BCUT2D eigenvalue weighted by Crippen LogP contribution is 2.18. The zero-order valence-electron chi connectivity index (χ0n) is 18.1. The summed E-state index contributed by atoms with van der Waals surface area (Å²) in [5.74, 6) is 0.849. The SMILES string of the molecule is CN=C(NCCN1CCN(c2ccc(F)cc2)CC1)N1CCC(N2CCOCC2)C1. The molecular formula is C22H35FN6O. The molecular weight excluding hydrogens is 383 g/mol. The van der Waals surface area contributed by atoms with Gasteiger partial charge in [0.2, 0.25) is 0 Å². The van der Waals surface area contributed by atoms with E-state index in [1.54, 1.807) is 12.1 Å². The molecule has 3 heterocycles. The van der Waals surface area contributed by atoms with Crippen molar-refractivity contribution in [3.8, 4) is 0 Å². The smallest absolute Gasteiger partial charge is 0.193 e. The molecule has 166 valence electrons. The number of nitrogens with one attached hydrogen (secondary N) is 1. The maximum absolute atomic E-state index is 13.1. The van der Waals surface area contributed by atoms with E-state index < -0.39 is 0 Å². The van der Waals surface area contributed by atoms with Crippen LogP contribution in [-0.4, -0.2) is 112 Å². The molecule has 0 aromatic heterocycles. The van der Waals surface area contributed by atoms with Crippen LogP contribution in [0.5, 0.6) is 0 Å². The van der Waals surface area contributed by atoms with Crippen molar-refractivity contribution in [2.24, 2.45) is 4.99 Å². The number of likely N-dealkylation sites (tertiary alicyclic amines) is 1. The van der Waals surface area contributed by atoms with Crippen LogP contribution in [0.1, 0.15) is 6.42 Å². The summed E-state index contributed by atoms with van der Waals surface area (Å²) >= 11 is 0. The van der Waals surface area contributed by atoms with Crippen molar-refractivity contribution in [3.05, 3.63) is 30.1 Å². The highest BCUT2D eigenvalue weighted by Gasteiger charge is 2.30. The second kappa shape index (κ2) is 10.4. The molecule has 1 aromatic carbocycles. The van der Waals surface area contributed by atoms with Crippen molar-refractivity contribution in [3.63, 3.8) is 0 Å². The standard InChI is InChI=1S/C22H35FN6O/c1-24-22(29-8-6-21(18-29)28-14-16-30-17-15-28)25-7-9-26-10-12-27(13-11-26)20-4-2-19(23)3-5-20/h2-5,21H,6-18H2,1H3,(H,24,25). The van der Waals surface area contributed by atoms with Gasteiger partial charge >= 0.3 is 0 Å². The van der Waals surface area contributed by atoms with Gasteiger partial charge in [0.15, 0.2) is 5.96 Å². The van der Waals surface area contributed by atoms with Crippen LogP contribution in [0.3, 0.4) is 0 Å². The van der Waals surface area contributed by atoms with Gasteiger partial charge in [0.25, 0.3) is 0 Å². The average Bonchev–Trinajstić information content (AvgIpc) is 3.28. The van der Waals surface area contributed by atoms with E-state index in [4.69, 9.17) is 4.74 Å². The zero-order valence-corrected chi connectivity index (χ0v) is 18.1. The lowest BCUT2D eigenvalue weighted by molar-refractivity contribution is 0.0195. The van der Waals surface area contributed by atoms with Crippen molar-refractivity contribution in [2.45, 2.75) is 12.5 Å². The molecule has 3 fully saturated rings. The number of benzene rings is 1. The van der Waals surface area contributed by atoms with E-state index in [2.05, 4.69) is 29.9 Å². The number of hydrogen-bond donors (Lipinski definition) is 1. The highest BCUT2D eigenvalue weighted by molar-refractivity contribution is 5.80. The number of nitrogens with zero attached hydrogens (tertiary/aromatic N) is 5. The molecule has 0 radical (unpaired) electrons. The van der Waals surface area contributed by atoms with E-state index >= 15 is 0 Å². The minimum absolute atomic E-state index is 0.175. The third kappa shape index (κ3) is 5.42. The number of rotatable bonds is 5. The lowest BCUT2D eigenvalue weighted by Crippen LogP contribution is -2.50. The van der Waals surface area contributed by atoms with Crippen LogP contribution in [0, 0.1) is 5.82 Å². The normalized spacial score (nSPS) is 24.5. The van der Waals surface area contributed by atoms with E-state index in [9.17, 15) is 4.39 Å². The van der Waals surface area contributed by atoms with Gasteiger partial charge in [0.05, 0.1) is 13.2 Å². The summed E-state index contributed by atoms with van der Waals surface area (Å²) in [4.78, 5) is 14.3. The minimum Gasteiger partial charge on any atom is -0.379 e. The Morgan fingerprint density at radius 3 is 2.50 bits per heavy atom. The molecule has 1 aromatic rings. The Morgan fingerprint density at radius 2 is 1.80 bits per heavy atom. The number of halogens is 1. The fraction of sp³-hybridized carbons (Fsp3) is 0.682. The summed E-state index contributed by atoms with van der Waals surface area (Å²) in [6.07, 6.45) is 1.20. The van der Waals surface area contributed by atoms with E-state index in [1.807, 2.05) is 19.2 Å². The molecule has 3 saturated heterocycles. The molecule has 0 bridgehead atoms. The fourth-order valence-electron chi connectivity index (χ4n) is 4.71. The molecule has 7 nitrogen and oxygen atoms in total. The lowest BCUT2D eigenvalue weighted by atomic mass is 10.2. The van der Waals surface area contributed by atoms with Gasteiger partial charge in [-0.2, -0.15) is 0 Å². The molecule has 30 heavy (non-hydrogen) atoms. The largest absolute Gasteiger partial charge is 0.379 e. The molecule has 1 unspecified atom stereocenters. The van der Waals surface area contributed by atoms with Crippen LogP contribution in [0.25, 0.3) is 0 Å². The van der Waals surface area contributed by atoms with E-state index in [0.717, 1.165) is 90.3 Å². The summed E-state index contributed by atoms with van der Waals surface area (Å²) in [5, 5.41) is 3.57. The Labute approximate surface area is 179 Å². The van der Waals surface area contributed by atoms with E-state index in [1.165, 1.54) is 6.42 Å². The number of guanidine groups is 1. The van der Waals surface area contributed by atoms with Crippen molar-refractivity contribution >= 4 is 11.6 Å². The number of ether oxygens (including phenoxy) is 1. The van der Waals surface area contributed by atoms with Crippen LogP contribution in [-0.2, 0) is 4.74 Å². The van der Waals surface area contributed by atoms with Crippen molar-refractivity contribution < 1.29 is 9.13 Å². The molecule has 4 rings (SSSR count). The van der Waals surface area contributed by atoms with Crippen LogP contribution >= 0.6 is 0 Å². The second-order valence-electron chi connectivity index (χ2n) is 8.32. The molecule has 8 heteroatoms. The summed E-state index contributed by atoms with van der Waals surface area (Å²) < 4.78 is 18.6. The van der Waals surface area contributed by atoms with Crippen molar-refractivity contribution in [1.82, 2.24) is 20.0 Å². The first-order valence-corrected chi connectivity index (χ1v) is 11.2. The van der Waals surface area contributed by atoms with Gasteiger partial charge in [0, 0.05) is 84.2 Å². The average molecular weight is 419 g/mol. The first kappa shape index (κ1) is 21.3. The van der Waals surface area contributed by atoms with Gasteiger partial charge in [0.1, 0.15) is 5.82 Å². The Balaban J connectivity index is 1.16. The van der Waals surface area contributed by atoms with E-state index in [-0.39, 0.29) is 5.82 Å². The Hall–Kier alpha value is -1.90. The highest BCUT2D eigenvalue weighted by atomic mass is 19.1. The predicted octanol–water partition coefficient (Wildman–Crippen LogP) is 0.930. The predicted molar refractivity (Wildman–Crippen MR) is 119 cm³/mol. The summed E-state index contributed by atoms with van der Waals surface area (Å²) in [5.41, 5.74) is 1.11. The number of hydrogen-bond acceptors (Lipinski definition) is 5. The third-order valence-corrected chi connectivity index (χ3v) is 6.51. The molecule has 0 saturated carbocycles. The number of piperazine rings is 1. The van der Waals surface area contributed by atoms with Crippen LogP contribution in [0.2, 0.25) is 0 Å². The number of morpholine rings is 1. The Kier molecular flexibility index (Phi) is 7.41. The fourth-order valence-corrected chi connectivity index (χ4v) is 4.71. The maximum Gasteiger partial charge on any atom is 0.193 e. The van der Waals surface area contributed by atoms with Gasteiger partial charge in [-0.3, -0.25) is 14.8 Å². The molecule has 0 spiro atoms. The van der Waals surface area contributed by atoms with E-state index in [0.29, 0.717) is 6.04 Å². The summed E-state index contributed by atoms with van der Waals surface area (Å²) in [6, 6.07) is 7.44. The Bertz CT molecular complexity index is 685. The topological polar surface area (TPSA) is 46.6 Å². The van der Waals surface area contributed by atoms with Gasteiger partial charge < -0.3 is 19.9 Å². The molecule has 3 aliphatic heterocycles. The molecule has 0 amide bonds. The van der Waals surface area contributed by atoms with Gasteiger partial charge in [-0.1, -0.05) is 0 Å². The van der Waals surface area contributed by atoms with Crippen LogP contribution in [0.4, 0.5) is 10.1 Å². The number of anilines is 1. The Morgan fingerprint density at radius 1 is 1.07 bits per heavy atom. The monoisotopic (exact) mass is 418 g/mol. The maximum atomic E-state index is 13.1. The minimum atomic E-state index is -0.175. The quantitative estimate of drug-likeness (QED) is 0.567. The molecule has 0 aliphatic carbocycles. The van der Waals surface area contributed by atoms with Crippen LogP contribution < -0.4 is 10.2 Å². The molecule has 1 N–H and O–H groups in total. The van der Waals surface area contributed by atoms with Gasteiger partial charge in [-0.05, 0) is 30.7 Å². The zero-order chi connectivity index (χ0) is 20.8. The summed E-state index contributed by atoms with van der Waals surface area (Å²) in [6.45, 7) is 11.9.